The Morgan fingerprint density at radius 1 is 1.60 bits per heavy atom. The second kappa shape index (κ2) is 4.23. The molecule has 0 radical (unpaired) electrons. The molecule has 1 unspecified atom stereocenters. The van der Waals surface area contributed by atoms with E-state index in [1.165, 1.54) is 6.42 Å². The number of aromatic nitrogens is 2. The zero-order chi connectivity index (χ0) is 10.8. The highest BCUT2D eigenvalue weighted by atomic mass is 35.5. The molecule has 1 saturated heterocycles. The quantitative estimate of drug-likeness (QED) is 0.796. The number of rotatable bonds is 1. The topological polar surface area (TPSA) is 49.0 Å². The zero-order valence-electron chi connectivity index (χ0n) is 8.66. The van der Waals surface area contributed by atoms with Gasteiger partial charge in [0.2, 0.25) is 0 Å². The van der Waals surface area contributed by atoms with Crippen molar-refractivity contribution in [2.45, 2.75) is 32.2 Å². The summed E-state index contributed by atoms with van der Waals surface area (Å²) in [6, 6.07) is 0.430. The van der Waals surface area contributed by atoms with Gasteiger partial charge in [-0.05, 0) is 26.2 Å². The Hall–Kier alpha value is -1.03. The number of halogens is 1. The van der Waals surface area contributed by atoms with Crippen LogP contribution in [-0.2, 0) is 0 Å². The van der Waals surface area contributed by atoms with Crippen LogP contribution in [0.2, 0.25) is 5.02 Å². The molecule has 1 aliphatic heterocycles. The van der Waals surface area contributed by atoms with E-state index in [1.807, 2.05) is 0 Å². The number of hydrogen-bond donors (Lipinski definition) is 1. The van der Waals surface area contributed by atoms with Crippen LogP contribution >= 0.6 is 11.6 Å². The second-order valence-corrected chi connectivity index (χ2v) is 4.31. The highest BCUT2D eigenvalue weighted by molar-refractivity contribution is 6.33. The van der Waals surface area contributed by atoms with E-state index in [2.05, 4.69) is 22.0 Å². The Balaban J connectivity index is 2.35. The molecule has 15 heavy (non-hydrogen) atoms. The van der Waals surface area contributed by atoms with Gasteiger partial charge in [0.1, 0.15) is 5.02 Å². The largest absolute Gasteiger partial charge is 0.366 e. The Labute approximate surface area is 93.2 Å². The highest BCUT2D eigenvalue weighted by Gasteiger charge is 2.21. The molecule has 0 saturated carbocycles. The summed E-state index contributed by atoms with van der Waals surface area (Å²) in [4.78, 5) is 13.5. The van der Waals surface area contributed by atoms with Gasteiger partial charge in [0, 0.05) is 12.6 Å². The van der Waals surface area contributed by atoms with Gasteiger partial charge in [-0.1, -0.05) is 11.6 Å². The molecule has 0 aliphatic carbocycles. The predicted octanol–water partition coefficient (Wildman–Crippen LogP) is 1.80. The summed E-state index contributed by atoms with van der Waals surface area (Å²) >= 11 is 5.97. The standard InChI is InChI=1S/C10H14ClN3O/c1-7-4-2-3-5-14(7)8-6-12-13-10(15)9(8)11/h6-7H,2-5H2,1H3,(H,13,15). The molecule has 0 amide bonds. The van der Waals surface area contributed by atoms with Crippen molar-refractivity contribution >= 4 is 17.3 Å². The number of hydrogen-bond acceptors (Lipinski definition) is 3. The molecule has 0 spiro atoms. The number of nitrogens with zero attached hydrogens (tertiary/aromatic N) is 2. The monoisotopic (exact) mass is 227 g/mol. The minimum Gasteiger partial charge on any atom is -0.366 e. The van der Waals surface area contributed by atoms with Gasteiger partial charge >= 0.3 is 0 Å². The summed E-state index contributed by atoms with van der Waals surface area (Å²) in [6.45, 7) is 3.10. The Bertz CT molecular complexity index is 404. The van der Waals surface area contributed by atoms with Crippen LogP contribution in [0, 0.1) is 0 Å². The van der Waals surface area contributed by atoms with Gasteiger partial charge < -0.3 is 4.90 Å². The molecule has 1 aliphatic rings. The molecule has 0 bridgehead atoms. The lowest BCUT2D eigenvalue weighted by atomic mass is 10.0. The lowest BCUT2D eigenvalue weighted by Crippen LogP contribution is -2.38. The smallest absolute Gasteiger partial charge is 0.285 e. The van der Waals surface area contributed by atoms with E-state index in [4.69, 9.17) is 11.6 Å². The normalized spacial score (nSPS) is 21.7. The Morgan fingerprint density at radius 3 is 3.13 bits per heavy atom. The average molecular weight is 228 g/mol. The molecule has 2 rings (SSSR count). The molecule has 1 fully saturated rings. The van der Waals surface area contributed by atoms with Gasteiger partial charge in [-0.3, -0.25) is 4.79 Å². The van der Waals surface area contributed by atoms with Crippen molar-refractivity contribution in [2.75, 3.05) is 11.4 Å². The maximum absolute atomic E-state index is 11.3. The lowest BCUT2D eigenvalue weighted by molar-refractivity contribution is 0.484. The average Bonchev–Trinajstić information content (AvgIpc) is 2.23. The van der Waals surface area contributed by atoms with E-state index in [0.717, 1.165) is 25.1 Å². The van der Waals surface area contributed by atoms with Gasteiger partial charge in [0.25, 0.3) is 5.56 Å². The molecule has 5 heteroatoms. The fourth-order valence-electron chi connectivity index (χ4n) is 2.03. The van der Waals surface area contributed by atoms with Crippen molar-refractivity contribution < 1.29 is 0 Å². The summed E-state index contributed by atoms with van der Waals surface area (Å²) in [7, 11) is 0. The van der Waals surface area contributed by atoms with E-state index in [9.17, 15) is 4.79 Å². The summed E-state index contributed by atoms with van der Waals surface area (Å²) in [5.74, 6) is 0. The molecule has 4 nitrogen and oxygen atoms in total. The van der Waals surface area contributed by atoms with Crippen LogP contribution < -0.4 is 10.5 Å². The number of nitrogens with one attached hydrogen (secondary N) is 1. The first-order chi connectivity index (χ1) is 7.20. The first-order valence-corrected chi connectivity index (χ1v) is 5.58. The highest BCUT2D eigenvalue weighted by Crippen LogP contribution is 2.27. The maximum atomic E-state index is 11.3. The maximum Gasteiger partial charge on any atom is 0.285 e. The molecule has 1 aromatic rings. The van der Waals surface area contributed by atoms with E-state index >= 15 is 0 Å². The lowest BCUT2D eigenvalue weighted by Gasteiger charge is -2.35. The van der Waals surface area contributed by atoms with Crippen LogP contribution in [0.5, 0.6) is 0 Å². The minimum atomic E-state index is -0.313. The molecule has 1 N–H and O–H groups in total. The van der Waals surface area contributed by atoms with Gasteiger partial charge in [0.15, 0.2) is 0 Å². The third kappa shape index (κ3) is 2.00. The fourth-order valence-corrected chi connectivity index (χ4v) is 2.23. The van der Waals surface area contributed by atoms with Crippen LogP contribution in [0.25, 0.3) is 0 Å². The van der Waals surface area contributed by atoms with Crippen molar-refractivity contribution in [3.05, 3.63) is 21.6 Å². The molecule has 0 aromatic carbocycles. The van der Waals surface area contributed by atoms with E-state index < -0.39 is 0 Å². The number of aromatic amines is 1. The van der Waals surface area contributed by atoms with Crippen molar-refractivity contribution in [1.29, 1.82) is 0 Å². The fraction of sp³-hybridized carbons (Fsp3) is 0.600. The first-order valence-electron chi connectivity index (χ1n) is 5.20. The summed E-state index contributed by atoms with van der Waals surface area (Å²) in [6.07, 6.45) is 5.16. The first kappa shape index (κ1) is 10.5. The van der Waals surface area contributed by atoms with E-state index in [1.54, 1.807) is 6.20 Å². The van der Waals surface area contributed by atoms with Crippen LogP contribution in [0.3, 0.4) is 0 Å². The molecule has 1 aromatic heterocycles. The van der Waals surface area contributed by atoms with Gasteiger partial charge in [0.05, 0.1) is 11.9 Å². The molecular weight excluding hydrogens is 214 g/mol. The Morgan fingerprint density at radius 2 is 2.40 bits per heavy atom. The third-order valence-corrected chi connectivity index (χ3v) is 3.25. The van der Waals surface area contributed by atoms with Crippen molar-refractivity contribution in [3.63, 3.8) is 0 Å². The van der Waals surface area contributed by atoms with Crippen molar-refractivity contribution in [2.24, 2.45) is 0 Å². The second-order valence-electron chi connectivity index (χ2n) is 3.94. The summed E-state index contributed by atoms with van der Waals surface area (Å²) < 4.78 is 0. The third-order valence-electron chi connectivity index (χ3n) is 2.89. The number of anilines is 1. The van der Waals surface area contributed by atoms with E-state index in [0.29, 0.717) is 6.04 Å². The molecule has 2 heterocycles. The van der Waals surface area contributed by atoms with Gasteiger partial charge in [-0.25, -0.2) is 5.10 Å². The van der Waals surface area contributed by atoms with Crippen LogP contribution in [0.4, 0.5) is 5.69 Å². The minimum absolute atomic E-state index is 0.249. The van der Waals surface area contributed by atoms with Crippen LogP contribution in [0.1, 0.15) is 26.2 Å². The number of H-pyrrole nitrogens is 1. The van der Waals surface area contributed by atoms with Gasteiger partial charge in [-0.2, -0.15) is 5.10 Å². The Kier molecular flexibility index (Phi) is 2.95. The van der Waals surface area contributed by atoms with E-state index in [-0.39, 0.29) is 10.6 Å². The molecular formula is C10H14ClN3O. The van der Waals surface area contributed by atoms with Gasteiger partial charge in [-0.15, -0.1) is 0 Å². The zero-order valence-corrected chi connectivity index (χ0v) is 9.42. The van der Waals surface area contributed by atoms with Crippen LogP contribution in [0.15, 0.2) is 11.0 Å². The SMILES string of the molecule is CC1CCCCN1c1cn[nH]c(=O)c1Cl. The summed E-state index contributed by atoms with van der Waals surface area (Å²) in [5.41, 5.74) is 0.444. The van der Waals surface area contributed by atoms with Crippen molar-refractivity contribution in [1.82, 2.24) is 10.2 Å². The predicted molar refractivity (Wildman–Crippen MR) is 60.5 cm³/mol. The molecule has 1 atom stereocenters. The van der Waals surface area contributed by atoms with Crippen LogP contribution in [-0.4, -0.2) is 22.8 Å². The summed E-state index contributed by atoms with van der Waals surface area (Å²) in [5, 5.41) is 6.37. The van der Waals surface area contributed by atoms with Crippen molar-refractivity contribution in [3.8, 4) is 0 Å². The molecule has 82 valence electrons. The number of piperidine rings is 1.